The van der Waals surface area contributed by atoms with E-state index in [9.17, 15) is 0 Å². The van der Waals surface area contributed by atoms with Crippen LogP contribution in [0.4, 0.5) is 0 Å². The van der Waals surface area contributed by atoms with Crippen molar-refractivity contribution in [3.63, 3.8) is 0 Å². The number of alkyl halides is 1. The van der Waals surface area contributed by atoms with Crippen LogP contribution in [-0.2, 0) is 0 Å². The van der Waals surface area contributed by atoms with Crippen LogP contribution in [0.2, 0.25) is 5.02 Å². The van der Waals surface area contributed by atoms with E-state index in [1.165, 1.54) is 0 Å². The molecule has 0 fully saturated rings. The summed E-state index contributed by atoms with van der Waals surface area (Å²) >= 11 is 16.2. The van der Waals surface area contributed by atoms with Crippen molar-refractivity contribution in [2.24, 2.45) is 0 Å². The summed E-state index contributed by atoms with van der Waals surface area (Å²) in [7, 11) is 3.22. The largest absolute Gasteiger partial charge is 0.493 e. The van der Waals surface area contributed by atoms with Gasteiger partial charge < -0.3 is 9.47 Å². The third kappa shape index (κ3) is 3.47. The first-order valence-corrected chi connectivity index (χ1v) is 7.90. The first-order valence-electron chi connectivity index (χ1n) is 6.29. The van der Waals surface area contributed by atoms with Crippen LogP contribution in [0, 0.1) is 6.92 Å². The number of hydrogen-bond acceptors (Lipinski definition) is 2. The Balaban J connectivity index is 2.52. The molecule has 0 amide bonds. The first kappa shape index (κ1) is 16.5. The van der Waals surface area contributed by atoms with E-state index in [0.717, 1.165) is 21.2 Å². The van der Waals surface area contributed by atoms with Gasteiger partial charge in [-0.2, -0.15) is 0 Å². The topological polar surface area (TPSA) is 18.5 Å². The van der Waals surface area contributed by atoms with Crippen molar-refractivity contribution in [1.82, 2.24) is 0 Å². The van der Waals surface area contributed by atoms with Crippen molar-refractivity contribution in [3.8, 4) is 11.5 Å². The van der Waals surface area contributed by atoms with Crippen molar-refractivity contribution in [2.45, 2.75) is 12.3 Å². The molecular formula is C16H15BrCl2O2. The maximum absolute atomic E-state index is 6.65. The van der Waals surface area contributed by atoms with E-state index in [-0.39, 0.29) is 5.38 Å². The molecule has 0 aliphatic rings. The number of aryl methyl sites for hydroxylation is 1. The summed E-state index contributed by atoms with van der Waals surface area (Å²) in [5.74, 6) is 1.34. The van der Waals surface area contributed by atoms with Crippen molar-refractivity contribution in [3.05, 3.63) is 56.5 Å². The number of methoxy groups -OCH3 is 2. The molecule has 0 saturated carbocycles. The Bertz CT molecular complexity index is 659. The van der Waals surface area contributed by atoms with E-state index in [4.69, 9.17) is 32.7 Å². The van der Waals surface area contributed by atoms with Gasteiger partial charge in [-0.25, -0.2) is 0 Å². The maximum Gasteiger partial charge on any atom is 0.161 e. The van der Waals surface area contributed by atoms with Crippen LogP contribution in [-0.4, -0.2) is 14.2 Å². The quantitative estimate of drug-likeness (QED) is 0.619. The molecule has 0 aromatic heterocycles. The summed E-state index contributed by atoms with van der Waals surface area (Å²) in [5.41, 5.74) is 2.90. The fraction of sp³-hybridized carbons (Fsp3) is 0.250. The fourth-order valence-electron chi connectivity index (χ4n) is 2.15. The summed E-state index contributed by atoms with van der Waals surface area (Å²) in [6.45, 7) is 1.99. The third-order valence-electron chi connectivity index (χ3n) is 3.28. The molecular weight excluding hydrogens is 375 g/mol. The second kappa shape index (κ2) is 6.91. The molecule has 21 heavy (non-hydrogen) atoms. The highest BCUT2D eigenvalue weighted by Gasteiger charge is 2.19. The molecule has 2 rings (SSSR count). The molecule has 0 aliphatic heterocycles. The third-order valence-corrected chi connectivity index (χ3v) is 4.70. The minimum Gasteiger partial charge on any atom is -0.493 e. The standard InChI is InChI=1S/C16H15BrCl2O2/c1-9-6-14(20-2)15(21-3)8-11(9)16(19)12-7-10(18)4-5-13(12)17/h4-8,16H,1-3H3. The van der Waals surface area contributed by atoms with Crippen LogP contribution in [0.25, 0.3) is 0 Å². The molecule has 1 atom stereocenters. The van der Waals surface area contributed by atoms with E-state index in [2.05, 4.69) is 15.9 Å². The molecule has 0 aliphatic carbocycles. The van der Waals surface area contributed by atoms with Crippen molar-refractivity contribution >= 4 is 39.1 Å². The van der Waals surface area contributed by atoms with Gasteiger partial charge in [-0.3, -0.25) is 0 Å². The van der Waals surface area contributed by atoms with Crippen LogP contribution >= 0.6 is 39.1 Å². The van der Waals surface area contributed by atoms with Gasteiger partial charge in [0.25, 0.3) is 0 Å². The maximum atomic E-state index is 6.65. The minimum absolute atomic E-state index is 0.335. The zero-order valence-corrected chi connectivity index (χ0v) is 15.0. The molecule has 0 spiro atoms. The van der Waals surface area contributed by atoms with Gasteiger partial charge >= 0.3 is 0 Å². The number of rotatable bonds is 4. The average molecular weight is 390 g/mol. The van der Waals surface area contributed by atoms with Gasteiger partial charge in [-0.05, 0) is 53.9 Å². The molecule has 0 N–H and O–H groups in total. The molecule has 1 unspecified atom stereocenters. The second-order valence-electron chi connectivity index (χ2n) is 4.59. The van der Waals surface area contributed by atoms with Crippen LogP contribution in [0.1, 0.15) is 22.1 Å². The summed E-state index contributed by atoms with van der Waals surface area (Å²) in [5, 5.41) is 0.315. The van der Waals surface area contributed by atoms with E-state index in [0.29, 0.717) is 16.5 Å². The second-order valence-corrected chi connectivity index (χ2v) is 6.32. The lowest BCUT2D eigenvalue weighted by Crippen LogP contribution is -2.00. The lowest BCUT2D eigenvalue weighted by Gasteiger charge is -2.18. The van der Waals surface area contributed by atoms with Gasteiger partial charge in [0.15, 0.2) is 11.5 Å². The molecule has 112 valence electrons. The highest BCUT2D eigenvalue weighted by Crippen LogP contribution is 2.40. The Labute approximate surface area is 143 Å². The van der Waals surface area contributed by atoms with E-state index in [1.54, 1.807) is 14.2 Å². The lowest BCUT2D eigenvalue weighted by molar-refractivity contribution is 0.354. The van der Waals surface area contributed by atoms with Gasteiger partial charge in [0.1, 0.15) is 0 Å². The number of ether oxygens (including phenoxy) is 2. The minimum atomic E-state index is -0.335. The Hall–Kier alpha value is -0.900. The summed E-state index contributed by atoms with van der Waals surface area (Å²) < 4.78 is 11.6. The Morgan fingerprint density at radius 3 is 2.24 bits per heavy atom. The summed E-state index contributed by atoms with van der Waals surface area (Å²) in [6, 6.07) is 9.39. The van der Waals surface area contributed by atoms with E-state index in [1.807, 2.05) is 37.3 Å². The number of hydrogen-bond donors (Lipinski definition) is 0. The van der Waals surface area contributed by atoms with Crippen LogP contribution in [0.3, 0.4) is 0 Å². The predicted octanol–water partition coefficient (Wildman–Crippen LogP) is 5.76. The zero-order chi connectivity index (χ0) is 15.6. The summed E-state index contributed by atoms with van der Waals surface area (Å²) in [6.07, 6.45) is 0. The molecule has 2 aromatic rings. The highest BCUT2D eigenvalue weighted by molar-refractivity contribution is 9.10. The Morgan fingerprint density at radius 2 is 1.62 bits per heavy atom. The van der Waals surface area contributed by atoms with E-state index >= 15 is 0 Å². The zero-order valence-electron chi connectivity index (χ0n) is 11.9. The van der Waals surface area contributed by atoms with Crippen LogP contribution in [0.5, 0.6) is 11.5 Å². The van der Waals surface area contributed by atoms with Crippen LogP contribution < -0.4 is 9.47 Å². The van der Waals surface area contributed by atoms with Crippen molar-refractivity contribution in [2.75, 3.05) is 14.2 Å². The average Bonchev–Trinajstić information content (AvgIpc) is 2.48. The lowest BCUT2D eigenvalue weighted by atomic mass is 9.99. The number of halogens is 3. The molecule has 0 radical (unpaired) electrons. The smallest absolute Gasteiger partial charge is 0.161 e. The Morgan fingerprint density at radius 1 is 1.00 bits per heavy atom. The van der Waals surface area contributed by atoms with Crippen LogP contribution in [0.15, 0.2) is 34.8 Å². The molecule has 2 nitrogen and oxygen atoms in total. The van der Waals surface area contributed by atoms with Gasteiger partial charge in [-0.15, -0.1) is 11.6 Å². The van der Waals surface area contributed by atoms with Crippen molar-refractivity contribution in [1.29, 1.82) is 0 Å². The fourth-order valence-corrected chi connectivity index (χ4v) is 3.35. The first-order chi connectivity index (χ1) is 9.97. The molecule has 0 saturated heterocycles. The molecule has 0 heterocycles. The summed E-state index contributed by atoms with van der Waals surface area (Å²) in [4.78, 5) is 0. The van der Waals surface area contributed by atoms with Gasteiger partial charge in [0.05, 0.1) is 19.6 Å². The Kier molecular flexibility index (Phi) is 5.42. The van der Waals surface area contributed by atoms with Gasteiger partial charge in [0.2, 0.25) is 0 Å². The SMILES string of the molecule is COc1cc(C)c(C(Cl)c2cc(Cl)ccc2Br)cc1OC. The number of benzene rings is 2. The van der Waals surface area contributed by atoms with Crippen molar-refractivity contribution < 1.29 is 9.47 Å². The van der Waals surface area contributed by atoms with Gasteiger partial charge in [-0.1, -0.05) is 27.5 Å². The highest BCUT2D eigenvalue weighted by atomic mass is 79.9. The molecule has 0 bridgehead atoms. The monoisotopic (exact) mass is 388 g/mol. The van der Waals surface area contributed by atoms with E-state index < -0.39 is 0 Å². The normalized spacial score (nSPS) is 12.1. The molecule has 2 aromatic carbocycles. The van der Waals surface area contributed by atoms with Gasteiger partial charge in [0, 0.05) is 9.50 Å². The predicted molar refractivity (Wildman–Crippen MR) is 91.1 cm³/mol. The molecule has 5 heteroatoms.